The summed E-state index contributed by atoms with van der Waals surface area (Å²) in [7, 11) is 0. The van der Waals surface area contributed by atoms with E-state index in [2.05, 4.69) is 170 Å². The standard InChI is InChI=1S/2C14H12N2.3C10H8S8.8CNS.2Cr/c2*1-9-5-7-15-13-11(9)3-4-12-10(2)6-8-16-14(12)13;3*1-2-12-6-5(11-1)15-9(16-6)10-17-7-8(18-10)14-4-3-13-7;8*2-1-3;;/h2*3-8H,1-2H3;3*1-4H2;;;;;;;;;;/q;;;;;8*-1;2*+4. The van der Waals surface area contributed by atoms with Crippen LogP contribution >= 0.6 is 380 Å². The van der Waals surface area contributed by atoms with Crippen LogP contribution in [0.25, 0.3) is 86.9 Å². The second-order valence-corrected chi connectivity index (χ2v) is 51.2. The molecule has 12 aliphatic heterocycles. The van der Waals surface area contributed by atoms with Crippen molar-refractivity contribution in [1.82, 2.24) is 19.9 Å². The number of rotatable bonds is 0. The minimum absolute atomic E-state index is 0. The summed E-state index contributed by atoms with van der Waals surface area (Å²) in [6, 6.07) is 16.7. The van der Waals surface area contributed by atoms with Gasteiger partial charge in [0, 0.05) is 115 Å². The van der Waals surface area contributed by atoms with Crippen molar-refractivity contribution < 1.29 is 34.7 Å². The number of benzene rings is 2. The third-order valence-electron chi connectivity index (χ3n) is 13.1. The first-order valence-corrected chi connectivity index (χ1v) is 55.1. The van der Waals surface area contributed by atoms with E-state index in [9.17, 15) is 0 Å². The summed E-state index contributed by atoms with van der Waals surface area (Å²) in [5, 5.41) is 72.5. The van der Waals surface area contributed by atoms with Gasteiger partial charge in [0.25, 0.3) is 0 Å². The molecule has 0 spiro atoms. The normalized spacial score (nSPS) is 17.2. The molecule has 4 aromatic heterocycles. The Morgan fingerprint density at radius 2 is 0.321 bits per heavy atom. The van der Waals surface area contributed by atoms with Gasteiger partial charge < -0.3 is 43.3 Å². The van der Waals surface area contributed by atoms with Gasteiger partial charge in [-0.2, -0.15) is 41.3 Å². The van der Waals surface area contributed by atoms with Crippen LogP contribution in [-0.4, -0.2) is 130 Å². The second kappa shape index (κ2) is 61.0. The summed E-state index contributed by atoms with van der Waals surface area (Å²) in [6.45, 7) is 8.41. The van der Waals surface area contributed by atoms with E-state index in [0.29, 0.717) is 0 Å². The van der Waals surface area contributed by atoms with Crippen molar-refractivity contribution in [3.05, 3.63) is 215 Å². The maximum Gasteiger partial charge on any atom is 4.00 e. The number of aromatic nitrogens is 4. The molecular formula is C66H48Cr2N12S32. The smallest absolute Gasteiger partial charge is 0.753 e. The first kappa shape index (κ1) is 106. The van der Waals surface area contributed by atoms with Crippen molar-refractivity contribution in [2.45, 2.75) is 27.7 Å². The van der Waals surface area contributed by atoms with Crippen molar-refractivity contribution >= 4 is 465 Å². The van der Waals surface area contributed by atoms with Gasteiger partial charge in [0.15, 0.2) is 0 Å². The minimum atomic E-state index is 0. The molecule has 0 N–H and O–H groups in total. The molecule has 0 fully saturated rings. The van der Waals surface area contributed by atoms with Crippen LogP contribution in [0.3, 0.4) is 0 Å². The molecular weight excluding hydrogens is 2090 g/mol. The number of thiocarbonyl (C=S) groups is 8. The molecule has 0 aliphatic carbocycles. The molecule has 0 atom stereocenters. The predicted molar refractivity (Wildman–Crippen MR) is 565 cm³/mol. The van der Waals surface area contributed by atoms with Crippen LogP contribution in [0.15, 0.2) is 150 Å². The van der Waals surface area contributed by atoms with Gasteiger partial charge in [-0.3, -0.25) is 19.9 Å². The van der Waals surface area contributed by atoms with Crippen LogP contribution in [0, 0.1) is 27.7 Å². The third-order valence-corrected chi connectivity index (χ3v) is 49.4. The molecule has 46 heteroatoms. The van der Waals surface area contributed by atoms with Crippen LogP contribution in [0.2, 0.25) is 0 Å². The Kier molecular flexibility index (Phi) is 57.7. The molecule has 576 valence electrons. The second-order valence-electron chi connectivity index (χ2n) is 19.5. The Balaban J connectivity index is 0.000000274. The fraction of sp³-hybridized carbons (Fsp3) is 0.242. The molecule has 0 radical (unpaired) electrons. The largest absolute Gasteiger partial charge is 4.00 e. The number of aryl methyl sites for hydroxylation is 4. The molecule has 0 saturated heterocycles. The van der Waals surface area contributed by atoms with Crippen molar-refractivity contribution in [1.29, 1.82) is 0 Å². The Bertz CT molecular complexity index is 4100. The summed E-state index contributed by atoms with van der Waals surface area (Å²) >= 11 is 78.3. The molecule has 2 aromatic carbocycles. The number of hydrogen-bond acceptors (Lipinski definition) is 36. The molecule has 0 amide bonds. The van der Waals surface area contributed by atoms with Crippen LogP contribution in [0.5, 0.6) is 0 Å². The van der Waals surface area contributed by atoms with E-state index in [-0.39, 0.29) is 34.7 Å². The van der Waals surface area contributed by atoms with E-state index in [1.54, 1.807) is 50.8 Å². The zero-order chi connectivity index (χ0) is 79.7. The number of isothiocyanates is 8. The molecule has 12 aliphatic rings. The predicted octanol–water partition coefficient (Wildman–Crippen LogP) is 30.9. The van der Waals surface area contributed by atoms with Gasteiger partial charge in [0.05, 0.1) is 98.3 Å². The van der Waals surface area contributed by atoms with Crippen molar-refractivity contribution in [2.24, 2.45) is 0 Å². The summed E-state index contributed by atoms with van der Waals surface area (Å²) in [5.41, 5.74) is 8.99. The number of nitrogens with zero attached hydrogens (tertiary/aromatic N) is 12. The molecule has 6 aromatic rings. The topological polar surface area (TPSA) is 230 Å². The Hall–Kier alpha value is 1.60. The Labute approximate surface area is 818 Å². The van der Waals surface area contributed by atoms with Gasteiger partial charge in [-0.25, -0.2) is 0 Å². The Morgan fingerprint density at radius 1 is 0.214 bits per heavy atom. The van der Waals surface area contributed by atoms with Gasteiger partial charge in [-0.15, -0.1) is 141 Å². The van der Waals surface area contributed by atoms with Crippen molar-refractivity contribution in [3.8, 4) is 0 Å². The maximum absolute atomic E-state index is 7.13. The Morgan fingerprint density at radius 3 is 0.429 bits per heavy atom. The number of thioether (sulfide) groups is 24. The van der Waals surface area contributed by atoms with Crippen LogP contribution in [-0.2, 0) is 34.7 Å². The summed E-state index contributed by atoms with van der Waals surface area (Å²) in [5.74, 6) is 15.3. The van der Waals surface area contributed by atoms with E-state index in [0.717, 1.165) is 22.1 Å². The van der Waals surface area contributed by atoms with Crippen LogP contribution in [0.1, 0.15) is 22.3 Å². The molecule has 16 heterocycles. The monoisotopic (exact) mass is 2140 g/mol. The van der Waals surface area contributed by atoms with Gasteiger partial charge in [-0.1, -0.05) is 263 Å². The maximum atomic E-state index is 7.13. The first-order valence-electron chi connectivity index (χ1n) is 30.2. The SMILES string of the molecule is C1CSC2=C(S1)SC(=C1SC3=C(SCCS3)S1)S2.C1CSC2=C(S1)SC(=C1SC3=C(SCCS3)S1)S2.C1CSC2=C(S1)SC(=C1SC3=C(SCCS3)S1)S2.Cc1ccnc2c1ccc1c(C)ccnc12.Cc1ccnc2c1ccc1c(C)ccnc12.[Cr+4].[Cr+4].[N-]=C=S.[N-]=C=S.[N-]=C=S.[N-]=C=S.[N-]=C=S.[N-]=C=S.[N-]=C=S.[N-]=C=S. The number of fused-ring (bicyclic) bond motifs is 6. The quantitative estimate of drug-likeness (QED) is 0.0781. The van der Waals surface area contributed by atoms with Crippen molar-refractivity contribution in [2.75, 3.05) is 69.0 Å². The van der Waals surface area contributed by atoms with Crippen LogP contribution < -0.4 is 0 Å². The zero-order valence-electron chi connectivity index (χ0n) is 57.7. The summed E-state index contributed by atoms with van der Waals surface area (Å²) in [4.78, 5) is 17.8. The average molecular weight is 2140 g/mol. The van der Waals surface area contributed by atoms with E-state index in [1.165, 1.54) is 180 Å². The number of hydrogen-bond donors (Lipinski definition) is 0. The fourth-order valence-corrected chi connectivity index (χ4v) is 45.6. The van der Waals surface area contributed by atoms with E-state index < -0.39 is 0 Å². The van der Waals surface area contributed by atoms with Gasteiger partial charge >= 0.3 is 34.7 Å². The van der Waals surface area contributed by atoms with Gasteiger partial charge in [-0.05, 0) is 74.2 Å². The zero-order valence-corrected chi connectivity index (χ0v) is 86.3. The molecule has 0 unspecified atom stereocenters. The number of pyridine rings is 4. The van der Waals surface area contributed by atoms with Gasteiger partial charge in [0.1, 0.15) is 0 Å². The van der Waals surface area contributed by atoms with E-state index >= 15 is 0 Å². The van der Waals surface area contributed by atoms with Gasteiger partial charge in [0.2, 0.25) is 0 Å². The average Bonchev–Trinajstić information content (AvgIpc) is 1.45. The molecule has 18 rings (SSSR count). The third kappa shape index (κ3) is 33.6. The van der Waals surface area contributed by atoms with E-state index in [1.807, 2.05) is 331 Å². The summed E-state index contributed by atoms with van der Waals surface area (Å²) in [6.07, 6.45) is 7.39. The molecule has 112 heavy (non-hydrogen) atoms. The van der Waals surface area contributed by atoms with E-state index in [4.69, 9.17) is 43.3 Å². The molecule has 12 nitrogen and oxygen atoms in total. The first-order chi connectivity index (χ1) is 53.6. The fourth-order valence-electron chi connectivity index (χ4n) is 9.02. The summed E-state index contributed by atoms with van der Waals surface area (Å²) < 4.78 is 27.9. The molecule has 0 saturated carbocycles. The molecule has 0 bridgehead atoms. The van der Waals surface area contributed by atoms with Crippen molar-refractivity contribution in [3.63, 3.8) is 0 Å². The van der Waals surface area contributed by atoms with Crippen LogP contribution in [0.4, 0.5) is 0 Å². The minimum Gasteiger partial charge on any atom is -0.753 e.